The van der Waals surface area contributed by atoms with E-state index in [1.54, 1.807) is 11.3 Å². The lowest BCUT2D eigenvalue weighted by atomic mass is 9.89. The highest BCUT2D eigenvalue weighted by atomic mass is 32.1. The first kappa shape index (κ1) is 16.7. The highest BCUT2D eigenvalue weighted by Crippen LogP contribution is 2.40. The molecule has 1 amide bonds. The van der Waals surface area contributed by atoms with Gasteiger partial charge in [0, 0.05) is 18.0 Å². The van der Waals surface area contributed by atoms with Gasteiger partial charge in [-0.1, -0.05) is 6.92 Å². The molecule has 0 spiro atoms. The average Bonchev–Trinajstić information content (AvgIpc) is 3.24. The Morgan fingerprint density at radius 3 is 3.20 bits per heavy atom. The maximum absolute atomic E-state index is 12.0. The normalized spacial score (nSPS) is 22.8. The Bertz CT molecular complexity index is 770. The molecule has 6 nitrogen and oxygen atoms in total. The summed E-state index contributed by atoms with van der Waals surface area (Å²) in [5.41, 5.74) is 1.31. The van der Waals surface area contributed by atoms with Crippen LogP contribution in [-0.2, 0) is 22.4 Å². The molecule has 0 unspecified atom stereocenters. The van der Waals surface area contributed by atoms with Crippen LogP contribution in [0.1, 0.15) is 36.6 Å². The molecule has 2 atom stereocenters. The summed E-state index contributed by atoms with van der Waals surface area (Å²) >= 11 is 1.73. The quantitative estimate of drug-likeness (QED) is 0.886. The molecular formula is C18H23N3O3S. The third kappa shape index (κ3) is 3.62. The number of amides is 1. The van der Waals surface area contributed by atoms with E-state index in [1.165, 1.54) is 23.2 Å². The van der Waals surface area contributed by atoms with Crippen LogP contribution in [0.2, 0.25) is 0 Å². The molecule has 0 saturated carbocycles. The second-order valence-electron chi connectivity index (χ2n) is 6.94. The Morgan fingerprint density at radius 2 is 2.36 bits per heavy atom. The number of hydrogen-bond acceptors (Lipinski definition) is 6. The van der Waals surface area contributed by atoms with Gasteiger partial charge in [-0.25, -0.2) is 9.97 Å². The van der Waals surface area contributed by atoms with E-state index in [9.17, 15) is 4.79 Å². The number of thiophene rings is 1. The van der Waals surface area contributed by atoms with Gasteiger partial charge in [0.1, 0.15) is 11.2 Å². The summed E-state index contributed by atoms with van der Waals surface area (Å²) in [6.07, 6.45) is 7.04. The topological polar surface area (TPSA) is 73.3 Å². The zero-order valence-electron chi connectivity index (χ0n) is 14.4. The molecule has 0 bridgehead atoms. The van der Waals surface area contributed by atoms with Gasteiger partial charge < -0.3 is 14.8 Å². The number of aromatic nitrogens is 2. The van der Waals surface area contributed by atoms with Crippen molar-refractivity contribution in [2.24, 2.45) is 5.92 Å². The number of rotatable bonds is 5. The fourth-order valence-electron chi connectivity index (χ4n) is 3.57. The molecule has 2 aromatic rings. The molecule has 25 heavy (non-hydrogen) atoms. The van der Waals surface area contributed by atoms with Crippen molar-refractivity contribution in [1.29, 1.82) is 0 Å². The van der Waals surface area contributed by atoms with E-state index in [-0.39, 0.29) is 18.6 Å². The van der Waals surface area contributed by atoms with Gasteiger partial charge in [-0.05, 0) is 43.6 Å². The van der Waals surface area contributed by atoms with E-state index in [1.807, 2.05) is 0 Å². The summed E-state index contributed by atoms with van der Waals surface area (Å²) < 4.78 is 11.3. The minimum atomic E-state index is -0.139. The maximum atomic E-state index is 12.0. The van der Waals surface area contributed by atoms with E-state index in [0.717, 1.165) is 42.5 Å². The molecule has 1 N–H and O–H groups in total. The molecule has 1 fully saturated rings. The molecule has 1 saturated heterocycles. The van der Waals surface area contributed by atoms with Crippen molar-refractivity contribution in [3.8, 4) is 5.88 Å². The van der Waals surface area contributed by atoms with Crippen LogP contribution in [-0.4, -0.2) is 41.7 Å². The first-order valence-corrected chi connectivity index (χ1v) is 9.78. The van der Waals surface area contributed by atoms with Crippen LogP contribution in [0.3, 0.4) is 0 Å². The van der Waals surface area contributed by atoms with E-state index < -0.39 is 0 Å². The lowest BCUT2D eigenvalue weighted by molar-refractivity contribution is -0.123. The third-order valence-electron chi connectivity index (χ3n) is 4.95. The number of hydrogen-bond donors (Lipinski definition) is 1. The Balaban J connectivity index is 1.43. The van der Waals surface area contributed by atoms with Crippen LogP contribution in [0.15, 0.2) is 6.33 Å². The molecular weight excluding hydrogens is 338 g/mol. The lowest BCUT2D eigenvalue weighted by Crippen LogP contribution is -2.35. The second kappa shape index (κ2) is 7.25. The first-order valence-electron chi connectivity index (χ1n) is 8.97. The minimum Gasteiger partial charge on any atom is -0.467 e. The zero-order chi connectivity index (χ0) is 17.2. The van der Waals surface area contributed by atoms with E-state index in [4.69, 9.17) is 9.47 Å². The van der Waals surface area contributed by atoms with Gasteiger partial charge in [-0.15, -0.1) is 11.3 Å². The highest BCUT2D eigenvalue weighted by Gasteiger charge is 2.24. The Hall–Kier alpha value is -1.73. The number of nitrogens with one attached hydrogen (secondary N) is 1. The molecule has 3 heterocycles. The van der Waals surface area contributed by atoms with E-state index >= 15 is 0 Å². The zero-order valence-corrected chi connectivity index (χ0v) is 15.2. The van der Waals surface area contributed by atoms with Gasteiger partial charge in [0.05, 0.1) is 11.5 Å². The van der Waals surface area contributed by atoms with E-state index in [2.05, 4.69) is 22.2 Å². The predicted octanol–water partition coefficient (Wildman–Crippen LogP) is 2.49. The van der Waals surface area contributed by atoms with Gasteiger partial charge in [-0.3, -0.25) is 4.79 Å². The monoisotopic (exact) mass is 361 g/mol. The molecule has 2 aliphatic rings. The van der Waals surface area contributed by atoms with Crippen LogP contribution in [0.4, 0.5) is 0 Å². The van der Waals surface area contributed by atoms with Gasteiger partial charge in [0.25, 0.3) is 5.91 Å². The molecule has 0 aromatic carbocycles. The van der Waals surface area contributed by atoms with Crippen molar-refractivity contribution in [2.45, 2.75) is 45.1 Å². The molecule has 7 heteroatoms. The van der Waals surface area contributed by atoms with Gasteiger partial charge in [0.15, 0.2) is 6.61 Å². The maximum Gasteiger partial charge on any atom is 0.258 e. The van der Waals surface area contributed by atoms with Crippen LogP contribution in [0.25, 0.3) is 10.2 Å². The SMILES string of the molecule is C[C@@H]1CCc2c(sc3ncnc(OCC(=O)NC[C@@H]4CCCO4)c23)C1. The van der Waals surface area contributed by atoms with Crippen molar-refractivity contribution in [3.05, 3.63) is 16.8 Å². The number of nitrogens with zero attached hydrogens (tertiary/aromatic N) is 2. The number of aryl methyl sites for hydroxylation is 1. The molecule has 1 aliphatic carbocycles. The first-order chi connectivity index (χ1) is 12.2. The standard InChI is InChI=1S/C18H23N3O3S/c1-11-4-5-13-14(7-11)25-18-16(13)17(20-10-21-18)24-9-15(22)19-8-12-3-2-6-23-12/h10-12H,2-9H2,1H3,(H,19,22)/t11-,12+/m1/s1. The largest absolute Gasteiger partial charge is 0.467 e. The average molecular weight is 361 g/mol. The number of carbonyl (C=O) groups excluding carboxylic acids is 1. The molecule has 2 aromatic heterocycles. The van der Waals surface area contributed by atoms with Crippen molar-refractivity contribution < 1.29 is 14.3 Å². The lowest BCUT2D eigenvalue weighted by Gasteiger charge is -2.18. The molecule has 0 radical (unpaired) electrons. The van der Waals surface area contributed by atoms with Crippen molar-refractivity contribution in [3.63, 3.8) is 0 Å². The Kier molecular flexibility index (Phi) is 4.85. The van der Waals surface area contributed by atoms with Crippen LogP contribution < -0.4 is 10.1 Å². The Labute approximate surface area is 150 Å². The second-order valence-corrected chi connectivity index (χ2v) is 8.02. The summed E-state index contributed by atoms with van der Waals surface area (Å²) in [6, 6.07) is 0. The molecule has 134 valence electrons. The predicted molar refractivity (Wildman–Crippen MR) is 96.1 cm³/mol. The summed E-state index contributed by atoms with van der Waals surface area (Å²) in [5, 5.41) is 3.88. The summed E-state index contributed by atoms with van der Waals surface area (Å²) in [4.78, 5) is 23.1. The fourth-order valence-corrected chi connectivity index (χ4v) is 4.91. The van der Waals surface area contributed by atoms with Crippen molar-refractivity contribution in [1.82, 2.24) is 15.3 Å². The molecule has 4 rings (SSSR count). The minimum absolute atomic E-state index is 0.0279. The number of carbonyl (C=O) groups is 1. The van der Waals surface area contributed by atoms with Crippen LogP contribution >= 0.6 is 11.3 Å². The van der Waals surface area contributed by atoms with Crippen molar-refractivity contribution in [2.75, 3.05) is 19.8 Å². The fraction of sp³-hybridized carbons (Fsp3) is 0.611. The third-order valence-corrected chi connectivity index (χ3v) is 6.11. The van der Waals surface area contributed by atoms with Crippen LogP contribution in [0, 0.1) is 5.92 Å². The number of fused-ring (bicyclic) bond motifs is 3. The van der Waals surface area contributed by atoms with Gasteiger partial charge in [-0.2, -0.15) is 0 Å². The smallest absolute Gasteiger partial charge is 0.258 e. The van der Waals surface area contributed by atoms with Crippen molar-refractivity contribution >= 4 is 27.5 Å². The summed E-state index contributed by atoms with van der Waals surface area (Å²) in [6.45, 7) is 3.60. The van der Waals surface area contributed by atoms with Crippen LogP contribution in [0.5, 0.6) is 5.88 Å². The van der Waals surface area contributed by atoms with Gasteiger partial charge in [0.2, 0.25) is 5.88 Å². The summed E-state index contributed by atoms with van der Waals surface area (Å²) in [7, 11) is 0. The molecule has 1 aliphatic heterocycles. The van der Waals surface area contributed by atoms with E-state index in [0.29, 0.717) is 18.3 Å². The summed E-state index contributed by atoms with van der Waals surface area (Å²) in [5.74, 6) is 1.10. The Morgan fingerprint density at radius 1 is 1.44 bits per heavy atom. The number of ether oxygens (including phenoxy) is 2. The highest BCUT2D eigenvalue weighted by molar-refractivity contribution is 7.18. The van der Waals surface area contributed by atoms with Gasteiger partial charge >= 0.3 is 0 Å².